The van der Waals surface area contributed by atoms with E-state index in [1.807, 2.05) is 30.3 Å². The molecule has 1 atom stereocenters. The van der Waals surface area contributed by atoms with Crippen LogP contribution in [0, 0.1) is 0 Å². The fourth-order valence-electron chi connectivity index (χ4n) is 2.57. The molecule has 0 fully saturated rings. The smallest absolute Gasteiger partial charge is 0.251 e. The highest BCUT2D eigenvalue weighted by Crippen LogP contribution is 2.15. The average Bonchev–Trinajstić information content (AvgIpc) is 2.53. The summed E-state index contributed by atoms with van der Waals surface area (Å²) in [6.45, 7) is 1.53. The summed E-state index contributed by atoms with van der Waals surface area (Å²) in [5.41, 5.74) is 3.45. The molecule has 0 aliphatic carbocycles. The highest BCUT2D eigenvalue weighted by Gasteiger charge is 2.18. The van der Waals surface area contributed by atoms with Crippen molar-refractivity contribution < 1.29 is 4.79 Å². The van der Waals surface area contributed by atoms with Crippen LogP contribution >= 0.6 is 12.4 Å². The molecule has 0 aromatic heterocycles. The number of benzene rings is 2. The summed E-state index contributed by atoms with van der Waals surface area (Å²) in [5.74, 6) is -0.00809. The van der Waals surface area contributed by atoms with Crippen LogP contribution in [0.15, 0.2) is 54.6 Å². The maximum atomic E-state index is 12.0. The molecule has 1 heterocycles. The second-order valence-corrected chi connectivity index (χ2v) is 5.13. The van der Waals surface area contributed by atoms with Gasteiger partial charge in [-0.15, -0.1) is 12.4 Å². The third-order valence-electron chi connectivity index (χ3n) is 3.71. The van der Waals surface area contributed by atoms with E-state index in [0.29, 0.717) is 18.2 Å². The maximum Gasteiger partial charge on any atom is 0.251 e. The molecule has 2 aromatic carbocycles. The summed E-state index contributed by atoms with van der Waals surface area (Å²) in [6.07, 6.45) is 0.964. The van der Waals surface area contributed by atoms with Gasteiger partial charge in [0.15, 0.2) is 0 Å². The summed E-state index contributed by atoms with van der Waals surface area (Å²) in [5, 5.41) is 6.47. The second-order valence-electron chi connectivity index (χ2n) is 5.13. The molecule has 3 rings (SSSR count). The van der Waals surface area contributed by atoms with Crippen molar-refractivity contribution in [2.24, 2.45) is 0 Å². The van der Waals surface area contributed by atoms with E-state index < -0.39 is 0 Å². The predicted octanol–water partition coefficient (Wildman–Crippen LogP) is 2.55. The first kappa shape index (κ1) is 15.5. The first-order chi connectivity index (χ1) is 9.83. The highest BCUT2D eigenvalue weighted by molar-refractivity contribution is 5.94. The van der Waals surface area contributed by atoms with Crippen molar-refractivity contribution >= 4 is 18.3 Å². The van der Waals surface area contributed by atoms with E-state index in [2.05, 4.69) is 34.9 Å². The van der Waals surface area contributed by atoms with Crippen LogP contribution in [0.4, 0.5) is 0 Å². The molecule has 0 radical (unpaired) electrons. The fraction of sp³-hybridized carbons (Fsp3) is 0.235. The van der Waals surface area contributed by atoms with E-state index in [9.17, 15) is 4.79 Å². The van der Waals surface area contributed by atoms with Gasteiger partial charge in [-0.1, -0.05) is 42.5 Å². The zero-order chi connectivity index (χ0) is 13.8. The molecule has 0 saturated heterocycles. The Morgan fingerprint density at radius 2 is 1.71 bits per heavy atom. The van der Waals surface area contributed by atoms with Gasteiger partial charge in [0.2, 0.25) is 0 Å². The van der Waals surface area contributed by atoms with Gasteiger partial charge in [0, 0.05) is 24.7 Å². The zero-order valence-corrected chi connectivity index (χ0v) is 12.5. The third-order valence-corrected chi connectivity index (χ3v) is 3.71. The Kier molecular flexibility index (Phi) is 5.37. The topological polar surface area (TPSA) is 41.1 Å². The number of carbonyl (C=O) groups is 1. The Morgan fingerprint density at radius 1 is 1.05 bits per heavy atom. The molecule has 2 aromatic rings. The van der Waals surface area contributed by atoms with Crippen LogP contribution in [0.2, 0.25) is 0 Å². The Balaban J connectivity index is 0.00000161. The molecule has 1 aliphatic rings. The van der Waals surface area contributed by atoms with E-state index in [-0.39, 0.29) is 18.3 Å². The number of hydrogen-bond donors (Lipinski definition) is 2. The van der Waals surface area contributed by atoms with E-state index >= 15 is 0 Å². The van der Waals surface area contributed by atoms with Crippen molar-refractivity contribution in [3.63, 3.8) is 0 Å². The van der Waals surface area contributed by atoms with Crippen LogP contribution in [-0.2, 0) is 13.0 Å². The number of halogens is 1. The van der Waals surface area contributed by atoms with Crippen molar-refractivity contribution in [2.45, 2.75) is 19.0 Å². The summed E-state index contributed by atoms with van der Waals surface area (Å²) in [7, 11) is 0. The molecule has 0 unspecified atom stereocenters. The van der Waals surface area contributed by atoms with Crippen molar-refractivity contribution in [1.29, 1.82) is 0 Å². The van der Waals surface area contributed by atoms with E-state index in [0.717, 1.165) is 13.0 Å². The molecule has 1 aliphatic heterocycles. The molecule has 2 N–H and O–H groups in total. The molecular formula is C17H19ClN2O. The SMILES string of the molecule is Cl.O=C(NC[C@@H]1Cc2ccccc2CN1)c1ccccc1. The van der Waals surface area contributed by atoms with Crippen molar-refractivity contribution in [3.8, 4) is 0 Å². The first-order valence-electron chi connectivity index (χ1n) is 6.96. The zero-order valence-electron chi connectivity index (χ0n) is 11.7. The van der Waals surface area contributed by atoms with Gasteiger partial charge in [0.05, 0.1) is 0 Å². The minimum Gasteiger partial charge on any atom is -0.350 e. The lowest BCUT2D eigenvalue weighted by molar-refractivity contribution is 0.0949. The van der Waals surface area contributed by atoms with Gasteiger partial charge in [0.25, 0.3) is 5.91 Å². The molecule has 110 valence electrons. The van der Waals surface area contributed by atoms with Gasteiger partial charge in [-0.3, -0.25) is 4.79 Å². The van der Waals surface area contributed by atoms with E-state index in [1.54, 1.807) is 0 Å². The Labute approximate surface area is 131 Å². The Bertz CT molecular complexity index is 601. The van der Waals surface area contributed by atoms with Gasteiger partial charge in [-0.05, 0) is 29.7 Å². The van der Waals surface area contributed by atoms with Crippen molar-refractivity contribution in [3.05, 3.63) is 71.3 Å². The number of carbonyl (C=O) groups excluding carboxylic acids is 1. The molecule has 1 amide bonds. The Hall–Kier alpha value is -1.84. The summed E-state index contributed by atoms with van der Waals surface area (Å²) in [4.78, 5) is 12.0. The lowest BCUT2D eigenvalue weighted by atomic mass is 9.96. The second kappa shape index (κ2) is 7.25. The molecule has 0 spiro atoms. The maximum absolute atomic E-state index is 12.0. The minimum atomic E-state index is -0.00809. The quantitative estimate of drug-likeness (QED) is 0.915. The van der Waals surface area contributed by atoms with Crippen LogP contribution in [0.1, 0.15) is 21.5 Å². The normalized spacial score (nSPS) is 16.5. The van der Waals surface area contributed by atoms with Gasteiger partial charge in [0.1, 0.15) is 0 Å². The number of amides is 1. The van der Waals surface area contributed by atoms with Crippen LogP contribution in [-0.4, -0.2) is 18.5 Å². The standard InChI is InChI=1S/C17H18N2O.ClH/c20-17(13-6-2-1-3-7-13)19-12-16-10-14-8-4-5-9-15(14)11-18-16;/h1-9,16,18H,10-12H2,(H,19,20);1H/t16-;/m0./s1. The van der Waals surface area contributed by atoms with E-state index in [4.69, 9.17) is 0 Å². The molecule has 0 saturated carbocycles. The molecule has 4 heteroatoms. The summed E-state index contributed by atoms with van der Waals surface area (Å²) >= 11 is 0. The largest absolute Gasteiger partial charge is 0.350 e. The molecule has 21 heavy (non-hydrogen) atoms. The van der Waals surface area contributed by atoms with Crippen molar-refractivity contribution in [2.75, 3.05) is 6.54 Å². The monoisotopic (exact) mass is 302 g/mol. The average molecular weight is 303 g/mol. The fourth-order valence-corrected chi connectivity index (χ4v) is 2.57. The third kappa shape index (κ3) is 3.84. The van der Waals surface area contributed by atoms with Gasteiger partial charge in [-0.2, -0.15) is 0 Å². The highest BCUT2D eigenvalue weighted by atomic mass is 35.5. The van der Waals surface area contributed by atoms with Gasteiger partial charge < -0.3 is 10.6 Å². The number of hydrogen-bond acceptors (Lipinski definition) is 2. The minimum absolute atomic E-state index is 0. The first-order valence-corrected chi connectivity index (χ1v) is 6.96. The van der Waals surface area contributed by atoms with Crippen LogP contribution in [0.25, 0.3) is 0 Å². The Morgan fingerprint density at radius 3 is 2.48 bits per heavy atom. The van der Waals surface area contributed by atoms with E-state index in [1.165, 1.54) is 11.1 Å². The lowest BCUT2D eigenvalue weighted by Crippen LogP contribution is -2.44. The lowest BCUT2D eigenvalue weighted by Gasteiger charge is -2.26. The number of fused-ring (bicyclic) bond motifs is 1. The number of rotatable bonds is 3. The summed E-state index contributed by atoms with van der Waals surface area (Å²) < 4.78 is 0. The predicted molar refractivity (Wildman–Crippen MR) is 86.8 cm³/mol. The van der Waals surface area contributed by atoms with Crippen LogP contribution in [0.3, 0.4) is 0 Å². The van der Waals surface area contributed by atoms with Gasteiger partial charge in [-0.25, -0.2) is 0 Å². The van der Waals surface area contributed by atoms with Crippen LogP contribution < -0.4 is 10.6 Å². The number of nitrogens with one attached hydrogen (secondary N) is 2. The van der Waals surface area contributed by atoms with Gasteiger partial charge >= 0.3 is 0 Å². The molecule has 3 nitrogen and oxygen atoms in total. The molecular weight excluding hydrogens is 284 g/mol. The summed E-state index contributed by atoms with van der Waals surface area (Å²) in [6, 6.07) is 18.1. The molecule has 0 bridgehead atoms. The van der Waals surface area contributed by atoms with Crippen LogP contribution in [0.5, 0.6) is 0 Å². The van der Waals surface area contributed by atoms with Crippen molar-refractivity contribution in [1.82, 2.24) is 10.6 Å².